The standard InChI is InChI=1S/C13H22N2O3/c1-9(2)8-18-6-5-14-11-7-12(16)15(10(3)4)13(11)17/h10-11,14H,1,5-8H2,2-4H3. The number of rotatable bonds is 7. The lowest BCUT2D eigenvalue weighted by Gasteiger charge is -2.19. The van der Waals surface area contributed by atoms with Gasteiger partial charge in [0.1, 0.15) is 0 Å². The third-order valence-electron chi connectivity index (χ3n) is 2.68. The maximum atomic E-state index is 11.9. The third kappa shape index (κ3) is 3.92. The van der Waals surface area contributed by atoms with Crippen molar-refractivity contribution in [3.05, 3.63) is 12.2 Å². The van der Waals surface area contributed by atoms with E-state index in [0.717, 1.165) is 5.57 Å². The van der Waals surface area contributed by atoms with Crippen molar-refractivity contribution in [1.29, 1.82) is 0 Å². The number of hydrogen-bond acceptors (Lipinski definition) is 4. The van der Waals surface area contributed by atoms with Crippen LogP contribution < -0.4 is 5.32 Å². The van der Waals surface area contributed by atoms with Crippen LogP contribution in [-0.2, 0) is 14.3 Å². The van der Waals surface area contributed by atoms with E-state index in [0.29, 0.717) is 19.8 Å². The molecule has 1 fully saturated rings. The van der Waals surface area contributed by atoms with Gasteiger partial charge in [-0.15, -0.1) is 0 Å². The second-order valence-corrected chi connectivity index (χ2v) is 4.92. The molecule has 0 aromatic carbocycles. The summed E-state index contributed by atoms with van der Waals surface area (Å²) in [5, 5.41) is 3.05. The smallest absolute Gasteiger partial charge is 0.247 e. The lowest BCUT2D eigenvalue weighted by Crippen LogP contribution is -2.42. The Balaban J connectivity index is 2.30. The number of imide groups is 1. The van der Waals surface area contributed by atoms with Crippen molar-refractivity contribution in [2.45, 2.75) is 39.3 Å². The Bertz CT molecular complexity index is 339. The zero-order valence-electron chi connectivity index (χ0n) is 11.4. The van der Waals surface area contributed by atoms with Gasteiger partial charge in [-0.3, -0.25) is 14.5 Å². The molecule has 1 atom stereocenters. The van der Waals surface area contributed by atoms with Gasteiger partial charge in [0, 0.05) is 12.6 Å². The van der Waals surface area contributed by atoms with Crippen LogP contribution in [0.1, 0.15) is 27.2 Å². The van der Waals surface area contributed by atoms with Crippen LogP contribution in [0.25, 0.3) is 0 Å². The Morgan fingerprint density at radius 1 is 1.56 bits per heavy atom. The lowest BCUT2D eigenvalue weighted by atomic mass is 10.2. The third-order valence-corrected chi connectivity index (χ3v) is 2.68. The molecule has 0 spiro atoms. The van der Waals surface area contributed by atoms with Crippen molar-refractivity contribution in [2.24, 2.45) is 0 Å². The van der Waals surface area contributed by atoms with Gasteiger partial charge in [-0.2, -0.15) is 0 Å². The zero-order chi connectivity index (χ0) is 13.7. The normalized spacial score (nSPS) is 20.0. The Kier molecular flexibility index (Phi) is 5.50. The fourth-order valence-electron chi connectivity index (χ4n) is 1.90. The van der Waals surface area contributed by atoms with E-state index in [1.165, 1.54) is 4.90 Å². The van der Waals surface area contributed by atoms with Crippen LogP contribution in [0.2, 0.25) is 0 Å². The van der Waals surface area contributed by atoms with Gasteiger partial charge in [0.25, 0.3) is 0 Å². The molecule has 18 heavy (non-hydrogen) atoms. The molecule has 0 saturated carbocycles. The van der Waals surface area contributed by atoms with Gasteiger partial charge in [-0.25, -0.2) is 0 Å². The molecule has 1 aliphatic rings. The second-order valence-electron chi connectivity index (χ2n) is 4.92. The number of carbonyl (C=O) groups is 2. The van der Waals surface area contributed by atoms with Gasteiger partial charge in [-0.1, -0.05) is 12.2 Å². The summed E-state index contributed by atoms with van der Waals surface area (Å²) in [6.07, 6.45) is 0.248. The summed E-state index contributed by atoms with van der Waals surface area (Å²) in [4.78, 5) is 24.9. The first-order chi connectivity index (χ1) is 8.43. The van der Waals surface area contributed by atoms with Gasteiger partial charge >= 0.3 is 0 Å². The Morgan fingerprint density at radius 2 is 2.22 bits per heavy atom. The average molecular weight is 254 g/mol. The summed E-state index contributed by atoms with van der Waals surface area (Å²) in [7, 11) is 0. The molecule has 1 unspecified atom stereocenters. The molecule has 2 amide bonds. The monoisotopic (exact) mass is 254 g/mol. The minimum absolute atomic E-state index is 0.0727. The Hall–Kier alpha value is -1.20. The van der Waals surface area contributed by atoms with E-state index in [2.05, 4.69) is 11.9 Å². The maximum absolute atomic E-state index is 11.9. The zero-order valence-corrected chi connectivity index (χ0v) is 11.4. The number of nitrogens with one attached hydrogen (secondary N) is 1. The highest BCUT2D eigenvalue weighted by Crippen LogP contribution is 2.15. The van der Waals surface area contributed by atoms with E-state index in [-0.39, 0.29) is 24.3 Å². The molecule has 1 aliphatic heterocycles. The van der Waals surface area contributed by atoms with Crippen molar-refractivity contribution in [1.82, 2.24) is 10.2 Å². The van der Waals surface area contributed by atoms with Gasteiger partial charge in [0.2, 0.25) is 11.8 Å². The molecule has 0 bridgehead atoms. The minimum Gasteiger partial charge on any atom is -0.376 e. The van der Waals surface area contributed by atoms with Crippen molar-refractivity contribution in [3.8, 4) is 0 Å². The number of ether oxygens (including phenoxy) is 1. The molecule has 1 heterocycles. The van der Waals surface area contributed by atoms with E-state index < -0.39 is 6.04 Å². The van der Waals surface area contributed by atoms with E-state index in [4.69, 9.17) is 4.74 Å². The fourth-order valence-corrected chi connectivity index (χ4v) is 1.90. The van der Waals surface area contributed by atoms with E-state index in [1.54, 1.807) is 0 Å². The van der Waals surface area contributed by atoms with Crippen molar-refractivity contribution >= 4 is 11.8 Å². The second kappa shape index (κ2) is 6.66. The number of amides is 2. The fraction of sp³-hybridized carbons (Fsp3) is 0.692. The molecular weight excluding hydrogens is 232 g/mol. The number of hydrogen-bond donors (Lipinski definition) is 1. The molecule has 0 aromatic rings. The largest absolute Gasteiger partial charge is 0.376 e. The van der Waals surface area contributed by atoms with Gasteiger partial charge < -0.3 is 10.1 Å². The molecular formula is C13H22N2O3. The molecule has 5 nitrogen and oxygen atoms in total. The summed E-state index contributed by atoms with van der Waals surface area (Å²) in [6.45, 7) is 10.9. The van der Waals surface area contributed by atoms with Gasteiger partial charge in [-0.05, 0) is 20.8 Å². The van der Waals surface area contributed by atoms with E-state index >= 15 is 0 Å². The first kappa shape index (κ1) is 14.9. The van der Waals surface area contributed by atoms with Crippen molar-refractivity contribution < 1.29 is 14.3 Å². The van der Waals surface area contributed by atoms with Crippen LogP contribution in [0.5, 0.6) is 0 Å². The van der Waals surface area contributed by atoms with Crippen LogP contribution in [-0.4, -0.2) is 48.6 Å². The number of nitrogens with zero attached hydrogens (tertiary/aromatic N) is 1. The predicted molar refractivity (Wildman–Crippen MR) is 69.0 cm³/mol. The van der Waals surface area contributed by atoms with Gasteiger partial charge in [0.15, 0.2) is 0 Å². The highest BCUT2D eigenvalue weighted by Gasteiger charge is 2.39. The lowest BCUT2D eigenvalue weighted by molar-refractivity contribution is -0.140. The molecule has 1 rings (SSSR count). The summed E-state index contributed by atoms with van der Waals surface area (Å²) in [5.74, 6) is -0.231. The van der Waals surface area contributed by atoms with E-state index in [9.17, 15) is 9.59 Å². The molecule has 1 saturated heterocycles. The molecule has 0 radical (unpaired) electrons. The van der Waals surface area contributed by atoms with Crippen LogP contribution >= 0.6 is 0 Å². The summed E-state index contributed by atoms with van der Waals surface area (Å²) in [6, 6.07) is -0.468. The summed E-state index contributed by atoms with van der Waals surface area (Å²) >= 11 is 0. The van der Waals surface area contributed by atoms with Gasteiger partial charge in [0.05, 0.1) is 25.7 Å². The topological polar surface area (TPSA) is 58.6 Å². The molecule has 5 heteroatoms. The maximum Gasteiger partial charge on any atom is 0.247 e. The highest BCUT2D eigenvalue weighted by molar-refractivity contribution is 6.05. The molecule has 1 N–H and O–H groups in total. The number of carbonyl (C=O) groups excluding carboxylic acids is 2. The number of likely N-dealkylation sites (tertiary alicyclic amines) is 1. The van der Waals surface area contributed by atoms with Crippen LogP contribution in [0.15, 0.2) is 12.2 Å². The van der Waals surface area contributed by atoms with E-state index in [1.807, 2.05) is 20.8 Å². The SMILES string of the molecule is C=C(C)COCCNC1CC(=O)N(C(C)C)C1=O. The summed E-state index contributed by atoms with van der Waals surface area (Å²) < 4.78 is 5.32. The van der Waals surface area contributed by atoms with Crippen molar-refractivity contribution in [3.63, 3.8) is 0 Å². The quantitative estimate of drug-likeness (QED) is 0.413. The minimum atomic E-state index is -0.395. The van der Waals surface area contributed by atoms with Crippen LogP contribution in [0, 0.1) is 0 Å². The average Bonchev–Trinajstić information content (AvgIpc) is 2.53. The molecule has 102 valence electrons. The molecule has 0 aromatic heterocycles. The Labute approximate surface area is 108 Å². The Morgan fingerprint density at radius 3 is 2.72 bits per heavy atom. The highest BCUT2D eigenvalue weighted by atomic mass is 16.5. The molecule has 0 aliphatic carbocycles. The first-order valence-corrected chi connectivity index (χ1v) is 6.25. The summed E-state index contributed by atoms with van der Waals surface area (Å²) in [5.41, 5.74) is 0.966. The van der Waals surface area contributed by atoms with Crippen molar-refractivity contribution in [2.75, 3.05) is 19.8 Å². The van der Waals surface area contributed by atoms with Crippen LogP contribution in [0.4, 0.5) is 0 Å². The van der Waals surface area contributed by atoms with Crippen LogP contribution in [0.3, 0.4) is 0 Å². The predicted octanol–water partition coefficient (Wildman–Crippen LogP) is 0.705. The first-order valence-electron chi connectivity index (χ1n) is 6.25.